The number of nitrogens with zero attached hydrogens (tertiary/aromatic N) is 3. The molecule has 1 aliphatic rings. The maximum atomic E-state index is 12.5. The molecule has 7 nitrogen and oxygen atoms in total. The van der Waals surface area contributed by atoms with Gasteiger partial charge in [0.25, 0.3) is 0 Å². The molecule has 2 heterocycles. The average Bonchev–Trinajstić information content (AvgIpc) is 2.90. The molecule has 0 bridgehead atoms. The summed E-state index contributed by atoms with van der Waals surface area (Å²) in [5.41, 5.74) is 0.975. The number of hydrogen-bond donors (Lipinski definition) is 1. The zero-order chi connectivity index (χ0) is 15.7. The predicted molar refractivity (Wildman–Crippen MR) is 78.9 cm³/mol. The number of aromatic nitrogens is 3. The molecular weight excluding hydrogens is 304 g/mol. The predicted octanol–water partition coefficient (Wildman–Crippen LogP) is 1.52. The smallest absolute Gasteiger partial charge is 0.223 e. The summed E-state index contributed by atoms with van der Waals surface area (Å²) in [5.74, 6) is -1.49. The lowest BCUT2D eigenvalue weighted by molar-refractivity contribution is -0.114. The Morgan fingerprint density at radius 2 is 2.05 bits per heavy atom. The Hall–Kier alpha value is -2.48. The number of hydrogen-bond acceptors (Lipinski definition) is 7. The number of amides is 1. The van der Waals surface area contributed by atoms with Crippen LogP contribution in [-0.2, 0) is 11.2 Å². The van der Waals surface area contributed by atoms with E-state index in [9.17, 15) is 14.4 Å². The van der Waals surface area contributed by atoms with Crippen molar-refractivity contribution in [2.24, 2.45) is 5.92 Å². The van der Waals surface area contributed by atoms with Crippen molar-refractivity contribution in [1.82, 2.24) is 15.0 Å². The minimum Gasteiger partial charge on any atom is -0.302 e. The van der Waals surface area contributed by atoms with Crippen molar-refractivity contribution in [2.45, 2.75) is 19.8 Å². The molecule has 0 saturated heterocycles. The third-order valence-corrected chi connectivity index (χ3v) is 4.38. The Bertz CT molecular complexity index is 757. The van der Waals surface area contributed by atoms with Gasteiger partial charge in [-0.05, 0) is 12.8 Å². The van der Waals surface area contributed by atoms with Crippen LogP contribution in [-0.4, -0.2) is 32.4 Å². The molecule has 1 amide bonds. The van der Waals surface area contributed by atoms with Gasteiger partial charge in [0.2, 0.25) is 5.91 Å². The molecule has 112 valence electrons. The summed E-state index contributed by atoms with van der Waals surface area (Å²) in [4.78, 5) is 48.3. The summed E-state index contributed by atoms with van der Waals surface area (Å²) in [7, 11) is 0. The Morgan fingerprint density at radius 1 is 1.32 bits per heavy atom. The third kappa shape index (κ3) is 2.64. The maximum absolute atomic E-state index is 12.5. The summed E-state index contributed by atoms with van der Waals surface area (Å²) >= 11 is 1.11. The number of carbonyl (C=O) groups is 3. The number of Topliss-reactive ketones (excluding diaryl/α,β-unsaturated/α-hetero) is 2. The summed E-state index contributed by atoms with van der Waals surface area (Å²) in [6.45, 7) is 1.38. The fraction of sp³-hybridized carbons (Fsp3) is 0.286. The molecule has 3 rings (SSSR count). The van der Waals surface area contributed by atoms with Crippen LogP contribution in [0.5, 0.6) is 0 Å². The first-order chi connectivity index (χ1) is 10.6. The topological polar surface area (TPSA) is 102 Å². The number of carbonyl (C=O) groups excluding carboxylic acids is 3. The highest BCUT2D eigenvalue weighted by Crippen LogP contribution is 2.33. The van der Waals surface area contributed by atoms with E-state index in [1.165, 1.54) is 25.6 Å². The summed E-state index contributed by atoms with van der Waals surface area (Å²) < 4.78 is 0. The van der Waals surface area contributed by atoms with Gasteiger partial charge < -0.3 is 5.32 Å². The molecule has 1 N–H and O–H groups in total. The summed E-state index contributed by atoms with van der Waals surface area (Å²) in [6, 6.07) is 0. The molecule has 0 radical (unpaired) electrons. The van der Waals surface area contributed by atoms with E-state index in [-0.39, 0.29) is 17.5 Å². The van der Waals surface area contributed by atoms with Crippen molar-refractivity contribution in [3.63, 3.8) is 0 Å². The van der Waals surface area contributed by atoms with Crippen LogP contribution in [0.15, 0.2) is 18.7 Å². The zero-order valence-corrected chi connectivity index (χ0v) is 12.5. The van der Waals surface area contributed by atoms with Gasteiger partial charge in [-0.25, -0.2) is 15.0 Å². The largest absolute Gasteiger partial charge is 0.302 e. The highest BCUT2D eigenvalue weighted by atomic mass is 32.1. The van der Waals surface area contributed by atoms with E-state index in [0.29, 0.717) is 34.1 Å². The minimum absolute atomic E-state index is 0.243. The molecule has 0 unspecified atom stereocenters. The number of nitrogens with one attached hydrogen (secondary N) is 1. The molecule has 2 aromatic rings. The van der Waals surface area contributed by atoms with Crippen LogP contribution >= 0.6 is 11.3 Å². The second kappa shape index (κ2) is 5.72. The van der Waals surface area contributed by atoms with Crippen molar-refractivity contribution in [2.75, 3.05) is 5.32 Å². The van der Waals surface area contributed by atoms with E-state index in [4.69, 9.17) is 0 Å². The lowest BCUT2D eigenvalue weighted by atomic mass is 9.85. The molecule has 0 saturated carbocycles. The lowest BCUT2D eigenvalue weighted by Crippen LogP contribution is -2.29. The molecule has 0 aromatic carbocycles. The first-order valence-corrected chi connectivity index (χ1v) is 7.48. The first-order valence-electron chi connectivity index (χ1n) is 6.67. The van der Waals surface area contributed by atoms with Gasteiger partial charge in [0.15, 0.2) is 16.7 Å². The fourth-order valence-electron chi connectivity index (χ4n) is 2.37. The molecule has 1 atom stereocenters. The van der Waals surface area contributed by atoms with Gasteiger partial charge in [0, 0.05) is 19.3 Å². The van der Waals surface area contributed by atoms with E-state index < -0.39 is 5.92 Å². The number of ketones is 2. The van der Waals surface area contributed by atoms with Crippen molar-refractivity contribution in [3.05, 3.63) is 34.9 Å². The van der Waals surface area contributed by atoms with Gasteiger partial charge in [-0.2, -0.15) is 0 Å². The van der Waals surface area contributed by atoms with Crippen LogP contribution < -0.4 is 5.32 Å². The van der Waals surface area contributed by atoms with E-state index in [1.807, 2.05) is 0 Å². The standard InChI is InChI=1S/C14H12N4O3S/c1-7(19)17-14-18-10-3-2-9(12(21)13(10)22-14)11(20)8-4-15-6-16-5-8/h4-6,9H,2-3H2,1H3,(H,17,18,19)/t9-/m0/s1. The van der Waals surface area contributed by atoms with Crippen molar-refractivity contribution < 1.29 is 14.4 Å². The molecule has 0 spiro atoms. The second-order valence-electron chi connectivity index (χ2n) is 4.92. The number of anilines is 1. The second-order valence-corrected chi connectivity index (χ2v) is 5.92. The van der Waals surface area contributed by atoms with E-state index in [1.54, 1.807) is 0 Å². The quantitative estimate of drug-likeness (QED) is 0.680. The monoisotopic (exact) mass is 316 g/mol. The van der Waals surface area contributed by atoms with Crippen LogP contribution in [0.3, 0.4) is 0 Å². The van der Waals surface area contributed by atoms with Crippen LogP contribution in [0, 0.1) is 5.92 Å². The first kappa shape index (κ1) is 14.5. The highest BCUT2D eigenvalue weighted by Gasteiger charge is 2.36. The SMILES string of the molecule is CC(=O)Nc1nc2c(s1)C(=O)[C@H](C(=O)c1cncnc1)CC2. The Morgan fingerprint density at radius 3 is 2.73 bits per heavy atom. The normalized spacial score (nSPS) is 17.0. The van der Waals surface area contributed by atoms with Crippen molar-refractivity contribution >= 4 is 33.9 Å². The molecular formula is C14H12N4O3S. The van der Waals surface area contributed by atoms with Gasteiger partial charge in [-0.1, -0.05) is 11.3 Å². The molecule has 0 aliphatic heterocycles. The molecule has 8 heteroatoms. The van der Waals surface area contributed by atoms with Crippen molar-refractivity contribution in [3.8, 4) is 0 Å². The van der Waals surface area contributed by atoms with Crippen molar-refractivity contribution in [1.29, 1.82) is 0 Å². The Balaban J connectivity index is 1.86. The molecule has 22 heavy (non-hydrogen) atoms. The lowest BCUT2D eigenvalue weighted by Gasteiger charge is -2.18. The third-order valence-electron chi connectivity index (χ3n) is 3.35. The van der Waals surface area contributed by atoms with E-state index >= 15 is 0 Å². The molecule has 0 fully saturated rings. The molecule has 1 aliphatic carbocycles. The zero-order valence-electron chi connectivity index (χ0n) is 11.7. The van der Waals surface area contributed by atoms with Crippen LogP contribution in [0.2, 0.25) is 0 Å². The van der Waals surface area contributed by atoms with Crippen LogP contribution in [0.1, 0.15) is 39.1 Å². The number of thiazole rings is 1. The number of rotatable bonds is 3. The average molecular weight is 316 g/mol. The van der Waals surface area contributed by atoms with Gasteiger partial charge in [0.05, 0.1) is 22.1 Å². The van der Waals surface area contributed by atoms with Gasteiger partial charge in [-0.3, -0.25) is 14.4 Å². The number of aryl methyl sites for hydroxylation is 1. The van der Waals surface area contributed by atoms with Gasteiger partial charge in [0.1, 0.15) is 6.33 Å². The van der Waals surface area contributed by atoms with Crippen LogP contribution in [0.25, 0.3) is 0 Å². The van der Waals surface area contributed by atoms with Gasteiger partial charge >= 0.3 is 0 Å². The van der Waals surface area contributed by atoms with E-state index in [0.717, 1.165) is 11.3 Å². The Kier molecular flexibility index (Phi) is 3.76. The summed E-state index contributed by atoms with van der Waals surface area (Å²) in [6.07, 6.45) is 5.09. The fourth-order valence-corrected chi connectivity index (χ4v) is 3.42. The maximum Gasteiger partial charge on any atom is 0.223 e. The summed E-state index contributed by atoms with van der Waals surface area (Å²) in [5, 5.41) is 2.96. The van der Waals surface area contributed by atoms with Crippen LogP contribution in [0.4, 0.5) is 5.13 Å². The minimum atomic E-state index is -0.732. The van der Waals surface area contributed by atoms with E-state index in [2.05, 4.69) is 20.3 Å². The highest BCUT2D eigenvalue weighted by molar-refractivity contribution is 7.17. The Labute approximate surface area is 129 Å². The molecule has 2 aromatic heterocycles. The van der Waals surface area contributed by atoms with Gasteiger partial charge in [-0.15, -0.1) is 0 Å². The number of fused-ring (bicyclic) bond motifs is 1.